The predicted molar refractivity (Wildman–Crippen MR) is 156 cm³/mol. The molecule has 0 unspecified atom stereocenters. The Morgan fingerprint density at radius 2 is 1.76 bits per heavy atom. The lowest BCUT2D eigenvalue weighted by molar-refractivity contribution is 0.0149. The number of rotatable bonds is 7. The fourth-order valence-corrected chi connectivity index (χ4v) is 6.23. The first-order valence-corrected chi connectivity index (χ1v) is 14.9. The van der Waals surface area contributed by atoms with E-state index in [-0.39, 0.29) is 17.8 Å². The van der Waals surface area contributed by atoms with Gasteiger partial charge < -0.3 is 20.3 Å². The van der Waals surface area contributed by atoms with Crippen molar-refractivity contribution in [1.29, 1.82) is 5.26 Å². The first kappa shape index (κ1) is 28.8. The normalized spacial score (nSPS) is 19.7. The number of amides is 2. The van der Waals surface area contributed by atoms with Gasteiger partial charge in [-0.05, 0) is 95.5 Å². The summed E-state index contributed by atoms with van der Waals surface area (Å²) in [6.07, 6.45) is 10.6. The molecule has 2 aliphatic carbocycles. The average Bonchev–Trinajstić information content (AvgIpc) is 3.71. The van der Waals surface area contributed by atoms with Gasteiger partial charge in [-0.15, -0.1) is 0 Å². The molecule has 1 aromatic carbocycles. The molecule has 2 amide bonds. The van der Waals surface area contributed by atoms with Gasteiger partial charge in [0.2, 0.25) is 5.82 Å². The van der Waals surface area contributed by atoms with Crippen LogP contribution in [-0.4, -0.2) is 57.6 Å². The molecule has 0 atom stereocenters. The minimum absolute atomic E-state index is 0.0364. The van der Waals surface area contributed by atoms with Gasteiger partial charge in [0.1, 0.15) is 23.1 Å². The maximum Gasteiger partial charge on any atom is 0.410 e. The van der Waals surface area contributed by atoms with Crippen LogP contribution in [0.4, 0.5) is 10.6 Å². The minimum Gasteiger partial charge on any atom is -0.444 e. The fraction of sp³-hybridized carbons (Fsp3) is 0.594. The second-order valence-electron chi connectivity index (χ2n) is 13.3. The van der Waals surface area contributed by atoms with E-state index in [1.54, 1.807) is 4.90 Å². The van der Waals surface area contributed by atoms with Crippen LogP contribution in [0.25, 0.3) is 0 Å². The Morgan fingerprint density at radius 3 is 2.37 bits per heavy atom. The summed E-state index contributed by atoms with van der Waals surface area (Å²) in [5, 5.41) is 16.1. The van der Waals surface area contributed by atoms with Crippen molar-refractivity contribution < 1.29 is 14.3 Å². The van der Waals surface area contributed by atoms with E-state index in [4.69, 9.17) is 4.74 Å². The van der Waals surface area contributed by atoms with E-state index in [2.05, 4.69) is 32.7 Å². The molecule has 1 aliphatic heterocycles. The van der Waals surface area contributed by atoms with Gasteiger partial charge in [-0.1, -0.05) is 30.3 Å². The van der Waals surface area contributed by atoms with Gasteiger partial charge in [-0.3, -0.25) is 4.79 Å². The van der Waals surface area contributed by atoms with E-state index < -0.39 is 11.1 Å². The molecule has 3 fully saturated rings. The number of nitrogens with one attached hydrogen (secondary N) is 2. The van der Waals surface area contributed by atoms with Gasteiger partial charge in [0.15, 0.2) is 0 Å². The molecule has 2 saturated carbocycles. The average molecular weight is 559 g/mol. The molecule has 1 saturated heterocycles. The molecule has 2 aromatic rings. The zero-order chi connectivity index (χ0) is 29.1. The molecule has 0 bridgehead atoms. The summed E-state index contributed by atoms with van der Waals surface area (Å²) in [7, 11) is 0. The molecule has 1 aromatic heterocycles. The molecule has 9 nitrogen and oxygen atoms in total. The molecule has 9 heteroatoms. The molecule has 2 N–H and O–H groups in total. The molecular weight excluding hydrogens is 516 g/mol. The number of ether oxygens (including phenoxy) is 1. The highest BCUT2D eigenvalue weighted by Gasteiger charge is 2.44. The van der Waals surface area contributed by atoms with Gasteiger partial charge >= 0.3 is 6.09 Å². The quantitative estimate of drug-likeness (QED) is 0.462. The Bertz CT molecular complexity index is 1280. The van der Waals surface area contributed by atoms with Crippen LogP contribution < -0.4 is 10.6 Å². The number of nitrogens with zero attached hydrogens (tertiary/aromatic N) is 4. The Labute approximate surface area is 243 Å². The summed E-state index contributed by atoms with van der Waals surface area (Å²) >= 11 is 0. The highest BCUT2D eigenvalue weighted by molar-refractivity contribution is 5.99. The first-order chi connectivity index (χ1) is 19.6. The molecule has 0 radical (unpaired) electrons. The standard InChI is InChI=1S/C32H42N6O3/c1-30(2,3)41-29(40)38-17-15-32(16-18-38,19-23-7-5-4-6-8-23)37-28(39)25-22-34-26(20-33)36-27(25)35-21-24-9-11-31(12-10-24)13-14-31/h4-8,22,24H,9-19,21H2,1-3H3,(H,37,39)(H,34,35,36). The Balaban J connectivity index is 1.31. The number of hydrogen-bond acceptors (Lipinski definition) is 7. The predicted octanol–water partition coefficient (Wildman–Crippen LogP) is 5.47. The number of carbonyl (C=O) groups excluding carboxylic acids is 2. The van der Waals surface area contributed by atoms with Crippen LogP contribution in [0, 0.1) is 22.7 Å². The summed E-state index contributed by atoms with van der Waals surface area (Å²) < 4.78 is 5.59. The topological polar surface area (TPSA) is 120 Å². The van der Waals surface area contributed by atoms with Crippen molar-refractivity contribution in [2.45, 2.75) is 89.7 Å². The minimum atomic E-state index is -0.570. The number of piperidine rings is 1. The van der Waals surface area contributed by atoms with Crippen LogP contribution in [0.5, 0.6) is 0 Å². The second-order valence-corrected chi connectivity index (χ2v) is 13.3. The number of carbonyl (C=O) groups is 2. The summed E-state index contributed by atoms with van der Waals surface area (Å²) in [4.78, 5) is 36.8. The highest BCUT2D eigenvalue weighted by atomic mass is 16.6. The number of anilines is 1. The van der Waals surface area contributed by atoms with E-state index in [0.29, 0.717) is 55.1 Å². The lowest BCUT2D eigenvalue weighted by atomic mass is 9.80. The zero-order valence-corrected chi connectivity index (χ0v) is 24.5. The van der Waals surface area contributed by atoms with E-state index in [1.807, 2.05) is 45.0 Å². The molecule has 218 valence electrons. The van der Waals surface area contributed by atoms with Crippen LogP contribution in [0.1, 0.15) is 93.9 Å². The molecule has 1 spiro atoms. The third kappa shape index (κ3) is 7.35. The zero-order valence-electron chi connectivity index (χ0n) is 24.5. The highest BCUT2D eigenvalue weighted by Crippen LogP contribution is 2.57. The van der Waals surface area contributed by atoms with Crippen LogP contribution in [-0.2, 0) is 11.2 Å². The van der Waals surface area contributed by atoms with Gasteiger partial charge in [0.25, 0.3) is 5.91 Å². The van der Waals surface area contributed by atoms with Gasteiger partial charge in [-0.25, -0.2) is 14.8 Å². The van der Waals surface area contributed by atoms with Crippen molar-refractivity contribution in [3.63, 3.8) is 0 Å². The summed E-state index contributed by atoms with van der Waals surface area (Å²) in [6.45, 7) is 7.24. The van der Waals surface area contributed by atoms with Crippen LogP contribution in [0.3, 0.4) is 0 Å². The molecule has 2 heterocycles. The molecule has 5 rings (SSSR count). The van der Waals surface area contributed by atoms with E-state index in [9.17, 15) is 14.9 Å². The maximum atomic E-state index is 13.9. The number of likely N-dealkylation sites (tertiary alicyclic amines) is 1. The third-order valence-electron chi connectivity index (χ3n) is 8.95. The second kappa shape index (κ2) is 11.7. The SMILES string of the molecule is CC(C)(C)OC(=O)N1CCC(Cc2ccccc2)(NC(=O)c2cnc(C#N)nc2NCC2CCC3(CC2)CC3)CC1. The summed E-state index contributed by atoms with van der Waals surface area (Å²) in [5.41, 5.74) is 0.930. The van der Waals surface area contributed by atoms with E-state index in [0.717, 1.165) is 12.1 Å². The van der Waals surface area contributed by atoms with Gasteiger partial charge in [0.05, 0.1) is 0 Å². The van der Waals surface area contributed by atoms with Gasteiger partial charge in [0, 0.05) is 31.4 Å². The third-order valence-corrected chi connectivity index (χ3v) is 8.95. The van der Waals surface area contributed by atoms with Crippen molar-refractivity contribution in [2.24, 2.45) is 11.3 Å². The molecular formula is C32H42N6O3. The number of benzene rings is 1. The molecule has 41 heavy (non-hydrogen) atoms. The first-order valence-electron chi connectivity index (χ1n) is 14.9. The lowest BCUT2D eigenvalue weighted by Crippen LogP contribution is -2.57. The van der Waals surface area contributed by atoms with Crippen molar-refractivity contribution in [2.75, 3.05) is 25.0 Å². The van der Waals surface area contributed by atoms with Crippen LogP contribution in [0.15, 0.2) is 36.5 Å². The van der Waals surface area contributed by atoms with Crippen LogP contribution >= 0.6 is 0 Å². The monoisotopic (exact) mass is 558 g/mol. The smallest absolute Gasteiger partial charge is 0.410 e. The van der Waals surface area contributed by atoms with Crippen molar-refractivity contribution in [1.82, 2.24) is 20.2 Å². The van der Waals surface area contributed by atoms with E-state index in [1.165, 1.54) is 44.7 Å². The van der Waals surface area contributed by atoms with Crippen molar-refractivity contribution in [3.8, 4) is 6.07 Å². The summed E-state index contributed by atoms with van der Waals surface area (Å²) in [5.74, 6) is 0.689. The Morgan fingerprint density at radius 1 is 1.07 bits per heavy atom. The van der Waals surface area contributed by atoms with Crippen LogP contribution in [0.2, 0.25) is 0 Å². The summed E-state index contributed by atoms with van der Waals surface area (Å²) in [6, 6.07) is 12.1. The van der Waals surface area contributed by atoms with Crippen molar-refractivity contribution >= 4 is 17.8 Å². The Kier molecular flexibility index (Phi) is 8.21. The number of aromatic nitrogens is 2. The number of hydrogen-bond donors (Lipinski definition) is 2. The molecule has 3 aliphatic rings. The largest absolute Gasteiger partial charge is 0.444 e. The fourth-order valence-electron chi connectivity index (χ4n) is 6.23. The Hall–Kier alpha value is -3.67. The van der Waals surface area contributed by atoms with E-state index >= 15 is 0 Å². The number of nitriles is 1. The lowest BCUT2D eigenvalue weighted by Gasteiger charge is -2.42. The van der Waals surface area contributed by atoms with Gasteiger partial charge in [-0.2, -0.15) is 5.26 Å². The maximum absolute atomic E-state index is 13.9. The van der Waals surface area contributed by atoms with Crippen molar-refractivity contribution in [3.05, 3.63) is 53.5 Å².